The summed E-state index contributed by atoms with van der Waals surface area (Å²) < 4.78 is 13.7. The van der Waals surface area contributed by atoms with Crippen molar-refractivity contribution in [2.24, 2.45) is 5.92 Å². The van der Waals surface area contributed by atoms with Gasteiger partial charge in [0, 0.05) is 11.1 Å². The van der Waals surface area contributed by atoms with E-state index in [9.17, 15) is 4.39 Å². The van der Waals surface area contributed by atoms with Crippen LogP contribution in [0.25, 0.3) is 0 Å². The van der Waals surface area contributed by atoms with Crippen molar-refractivity contribution in [1.29, 1.82) is 0 Å². The van der Waals surface area contributed by atoms with Crippen molar-refractivity contribution >= 4 is 17.3 Å². The van der Waals surface area contributed by atoms with Crippen LogP contribution in [0.4, 0.5) is 10.1 Å². The van der Waals surface area contributed by atoms with Crippen LogP contribution in [0.2, 0.25) is 5.02 Å². The van der Waals surface area contributed by atoms with E-state index in [-0.39, 0.29) is 5.82 Å². The molecule has 1 fully saturated rings. The standard InChI is InChI=1S/C14H19ClFN/c1-2-10-5-3-4-6-13(10)17-14-8-7-11(15)9-12(14)16/h7-10,13,17H,2-6H2,1H3. The van der Waals surface area contributed by atoms with Crippen LogP contribution >= 0.6 is 11.6 Å². The van der Waals surface area contributed by atoms with Gasteiger partial charge in [0.2, 0.25) is 0 Å². The Morgan fingerprint density at radius 3 is 2.82 bits per heavy atom. The summed E-state index contributed by atoms with van der Waals surface area (Å²) in [7, 11) is 0. The van der Waals surface area contributed by atoms with Gasteiger partial charge in [-0.15, -0.1) is 0 Å². The van der Waals surface area contributed by atoms with Gasteiger partial charge in [-0.1, -0.05) is 37.8 Å². The van der Waals surface area contributed by atoms with Gasteiger partial charge < -0.3 is 5.32 Å². The van der Waals surface area contributed by atoms with Gasteiger partial charge in [-0.3, -0.25) is 0 Å². The third kappa shape index (κ3) is 3.12. The van der Waals surface area contributed by atoms with Gasteiger partial charge in [-0.25, -0.2) is 4.39 Å². The first-order chi connectivity index (χ1) is 8.20. The Hall–Kier alpha value is -0.760. The number of hydrogen-bond donors (Lipinski definition) is 1. The average molecular weight is 256 g/mol. The predicted octanol–water partition coefficient (Wildman–Crippen LogP) is 4.86. The fourth-order valence-electron chi connectivity index (χ4n) is 2.69. The number of hydrogen-bond acceptors (Lipinski definition) is 1. The van der Waals surface area contributed by atoms with Crippen molar-refractivity contribution in [2.75, 3.05) is 5.32 Å². The van der Waals surface area contributed by atoms with Crippen molar-refractivity contribution < 1.29 is 4.39 Å². The Kier molecular flexibility index (Phi) is 4.27. The highest BCUT2D eigenvalue weighted by atomic mass is 35.5. The lowest BCUT2D eigenvalue weighted by Gasteiger charge is -2.32. The highest BCUT2D eigenvalue weighted by Gasteiger charge is 2.24. The van der Waals surface area contributed by atoms with Gasteiger partial charge in [-0.2, -0.15) is 0 Å². The van der Waals surface area contributed by atoms with Crippen LogP contribution in [-0.4, -0.2) is 6.04 Å². The Morgan fingerprint density at radius 1 is 1.35 bits per heavy atom. The molecule has 94 valence electrons. The molecule has 1 saturated carbocycles. The fourth-order valence-corrected chi connectivity index (χ4v) is 2.85. The van der Waals surface area contributed by atoms with E-state index in [0.29, 0.717) is 22.7 Å². The normalized spacial score (nSPS) is 24.6. The molecule has 0 aliphatic heterocycles. The third-order valence-corrected chi connectivity index (χ3v) is 3.94. The summed E-state index contributed by atoms with van der Waals surface area (Å²) in [6, 6.07) is 5.24. The molecule has 17 heavy (non-hydrogen) atoms. The molecule has 1 aliphatic rings. The Morgan fingerprint density at radius 2 is 2.12 bits per heavy atom. The van der Waals surface area contributed by atoms with Gasteiger partial charge >= 0.3 is 0 Å². The molecule has 1 N–H and O–H groups in total. The van der Waals surface area contributed by atoms with Crippen molar-refractivity contribution in [3.8, 4) is 0 Å². The number of benzene rings is 1. The van der Waals surface area contributed by atoms with Crippen LogP contribution < -0.4 is 5.32 Å². The van der Waals surface area contributed by atoms with Gasteiger partial charge in [0.25, 0.3) is 0 Å². The molecule has 0 heterocycles. The van der Waals surface area contributed by atoms with Gasteiger partial charge in [0.05, 0.1) is 5.69 Å². The molecule has 3 heteroatoms. The van der Waals surface area contributed by atoms with Gasteiger partial charge in [0.15, 0.2) is 0 Å². The van der Waals surface area contributed by atoms with Crippen LogP contribution in [0.3, 0.4) is 0 Å². The molecule has 1 aromatic rings. The second-order valence-corrected chi connectivity index (χ2v) is 5.26. The number of anilines is 1. The van der Waals surface area contributed by atoms with Crippen LogP contribution in [-0.2, 0) is 0 Å². The minimum absolute atomic E-state index is 0.252. The molecule has 1 aromatic carbocycles. The summed E-state index contributed by atoms with van der Waals surface area (Å²) in [6.07, 6.45) is 6.10. The average Bonchev–Trinajstić information content (AvgIpc) is 2.33. The lowest BCUT2D eigenvalue weighted by molar-refractivity contribution is 0.316. The topological polar surface area (TPSA) is 12.0 Å². The van der Waals surface area contributed by atoms with Crippen molar-refractivity contribution in [1.82, 2.24) is 0 Å². The van der Waals surface area contributed by atoms with Crippen molar-refractivity contribution in [3.05, 3.63) is 29.0 Å². The van der Waals surface area contributed by atoms with E-state index >= 15 is 0 Å². The maximum absolute atomic E-state index is 13.7. The summed E-state index contributed by atoms with van der Waals surface area (Å²) in [5, 5.41) is 3.79. The zero-order chi connectivity index (χ0) is 12.3. The maximum Gasteiger partial charge on any atom is 0.147 e. The molecule has 2 atom stereocenters. The highest BCUT2D eigenvalue weighted by Crippen LogP contribution is 2.30. The summed E-state index contributed by atoms with van der Waals surface area (Å²) in [5.41, 5.74) is 0.583. The first-order valence-electron chi connectivity index (χ1n) is 6.42. The van der Waals surface area contributed by atoms with E-state index in [0.717, 1.165) is 12.8 Å². The van der Waals surface area contributed by atoms with E-state index in [2.05, 4.69) is 12.2 Å². The van der Waals surface area contributed by atoms with Crippen molar-refractivity contribution in [2.45, 2.75) is 45.1 Å². The summed E-state index contributed by atoms with van der Waals surface area (Å²) in [6.45, 7) is 2.21. The van der Waals surface area contributed by atoms with Crippen molar-refractivity contribution in [3.63, 3.8) is 0 Å². The molecule has 1 nitrogen and oxygen atoms in total. The predicted molar refractivity (Wildman–Crippen MR) is 71.1 cm³/mol. The molecule has 0 radical (unpaired) electrons. The SMILES string of the molecule is CCC1CCCCC1Nc1ccc(Cl)cc1F. The molecule has 0 spiro atoms. The smallest absolute Gasteiger partial charge is 0.147 e. The Balaban J connectivity index is 2.08. The van der Waals surface area contributed by atoms with Crippen LogP contribution in [0.5, 0.6) is 0 Å². The maximum atomic E-state index is 13.7. The molecule has 0 amide bonds. The van der Waals surface area contributed by atoms with E-state index in [1.165, 1.54) is 25.3 Å². The van der Waals surface area contributed by atoms with E-state index < -0.39 is 0 Å². The van der Waals surface area contributed by atoms with Crippen LogP contribution in [0.1, 0.15) is 39.0 Å². The fraction of sp³-hybridized carbons (Fsp3) is 0.571. The Bertz CT molecular complexity index is 380. The molecule has 0 bridgehead atoms. The second-order valence-electron chi connectivity index (χ2n) is 4.83. The molecular weight excluding hydrogens is 237 g/mol. The monoisotopic (exact) mass is 255 g/mol. The minimum atomic E-state index is -0.252. The van der Waals surface area contributed by atoms with E-state index in [1.54, 1.807) is 12.1 Å². The molecular formula is C14H19ClFN. The summed E-state index contributed by atoms with van der Waals surface area (Å²) in [4.78, 5) is 0. The quantitative estimate of drug-likeness (QED) is 0.813. The number of rotatable bonds is 3. The van der Waals surface area contributed by atoms with Gasteiger partial charge in [-0.05, 0) is 37.0 Å². The lowest BCUT2D eigenvalue weighted by Crippen LogP contribution is -2.32. The third-order valence-electron chi connectivity index (χ3n) is 3.71. The minimum Gasteiger partial charge on any atom is -0.380 e. The molecule has 2 rings (SSSR count). The van der Waals surface area contributed by atoms with E-state index in [1.807, 2.05) is 0 Å². The van der Waals surface area contributed by atoms with Crippen LogP contribution in [0, 0.1) is 11.7 Å². The van der Waals surface area contributed by atoms with Crippen LogP contribution in [0.15, 0.2) is 18.2 Å². The molecule has 1 aliphatic carbocycles. The summed E-state index contributed by atoms with van der Waals surface area (Å²) in [5.74, 6) is 0.414. The highest BCUT2D eigenvalue weighted by molar-refractivity contribution is 6.30. The largest absolute Gasteiger partial charge is 0.380 e. The molecule has 0 aromatic heterocycles. The first kappa shape index (κ1) is 12.7. The zero-order valence-corrected chi connectivity index (χ0v) is 10.9. The van der Waals surface area contributed by atoms with E-state index in [4.69, 9.17) is 11.6 Å². The first-order valence-corrected chi connectivity index (χ1v) is 6.80. The summed E-state index contributed by atoms with van der Waals surface area (Å²) >= 11 is 5.75. The Labute approximate surface area is 107 Å². The lowest BCUT2D eigenvalue weighted by atomic mass is 9.83. The number of nitrogens with one attached hydrogen (secondary N) is 1. The second kappa shape index (κ2) is 5.72. The zero-order valence-electron chi connectivity index (χ0n) is 10.2. The molecule has 2 unspecified atom stereocenters. The molecule has 0 saturated heterocycles. The van der Waals surface area contributed by atoms with Gasteiger partial charge in [0.1, 0.15) is 5.82 Å². The number of halogens is 2.